The Morgan fingerprint density at radius 1 is 1.09 bits per heavy atom. The molecular formula is C19H22N2O2. The minimum Gasteiger partial charge on any atom is -0.467 e. The third-order valence-corrected chi connectivity index (χ3v) is 5.02. The lowest BCUT2D eigenvalue weighted by atomic mass is 9.67. The normalized spacial score (nSPS) is 28.8. The molecule has 3 atom stereocenters. The maximum absolute atomic E-state index is 12.9. The lowest BCUT2D eigenvalue weighted by Gasteiger charge is -2.41. The first kappa shape index (κ1) is 14.4. The number of carbonyl (C=O) groups is 1. The second kappa shape index (κ2) is 5.15. The number of rotatable bonds is 1. The van der Waals surface area contributed by atoms with E-state index in [1.54, 1.807) is 6.26 Å². The number of hydrogen-bond acceptors (Lipinski definition) is 4. The number of anilines is 2. The van der Waals surface area contributed by atoms with Gasteiger partial charge in [0, 0.05) is 12.5 Å². The molecule has 1 aromatic carbocycles. The first-order valence-corrected chi connectivity index (χ1v) is 8.22. The van der Waals surface area contributed by atoms with E-state index in [1.807, 2.05) is 30.3 Å². The SMILES string of the molecule is CC1(C)CC(=O)C2C(C1)Nc1ccccc1NC2c1ccco1. The maximum Gasteiger partial charge on any atom is 0.141 e. The lowest BCUT2D eigenvalue weighted by Crippen LogP contribution is -2.47. The number of hydrogen-bond donors (Lipinski definition) is 2. The van der Waals surface area contributed by atoms with Crippen molar-refractivity contribution in [3.8, 4) is 0 Å². The summed E-state index contributed by atoms with van der Waals surface area (Å²) in [6.45, 7) is 4.35. The Kier molecular flexibility index (Phi) is 3.22. The van der Waals surface area contributed by atoms with Crippen LogP contribution in [-0.4, -0.2) is 11.8 Å². The summed E-state index contributed by atoms with van der Waals surface area (Å²) in [4.78, 5) is 12.9. The van der Waals surface area contributed by atoms with Gasteiger partial charge in [0.2, 0.25) is 0 Å². The molecule has 2 heterocycles. The van der Waals surface area contributed by atoms with E-state index in [0.717, 1.165) is 23.6 Å². The Bertz CT molecular complexity index is 721. The van der Waals surface area contributed by atoms with Crippen molar-refractivity contribution in [3.05, 3.63) is 48.4 Å². The van der Waals surface area contributed by atoms with E-state index < -0.39 is 0 Å². The van der Waals surface area contributed by atoms with Crippen LogP contribution in [0.4, 0.5) is 11.4 Å². The fraction of sp³-hybridized carbons (Fsp3) is 0.421. The third kappa shape index (κ3) is 2.52. The van der Waals surface area contributed by atoms with Crippen LogP contribution in [0.15, 0.2) is 47.1 Å². The Morgan fingerprint density at radius 2 is 1.83 bits per heavy atom. The molecule has 1 aliphatic carbocycles. The van der Waals surface area contributed by atoms with Gasteiger partial charge in [-0.05, 0) is 36.1 Å². The molecule has 2 aromatic rings. The summed E-state index contributed by atoms with van der Waals surface area (Å²) in [7, 11) is 0. The van der Waals surface area contributed by atoms with Crippen molar-refractivity contribution in [1.82, 2.24) is 0 Å². The molecule has 0 radical (unpaired) electrons. The number of ketones is 1. The van der Waals surface area contributed by atoms with Crippen LogP contribution in [0.1, 0.15) is 38.5 Å². The molecule has 0 spiro atoms. The van der Waals surface area contributed by atoms with Crippen molar-refractivity contribution >= 4 is 17.2 Å². The molecule has 120 valence electrons. The van der Waals surface area contributed by atoms with Crippen LogP contribution in [0.2, 0.25) is 0 Å². The fourth-order valence-corrected chi connectivity index (χ4v) is 4.08. The highest BCUT2D eigenvalue weighted by molar-refractivity contribution is 5.86. The number of furan rings is 1. The average molecular weight is 310 g/mol. The highest BCUT2D eigenvalue weighted by Crippen LogP contribution is 2.46. The Labute approximate surface area is 136 Å². The molecule has 4 rings (SSSR count). The smallest absolute Gasteiger partial charge is 0.141 e. The maximum atomic E-state index is 12.9. The zero-order chi connectivity index (χ0) is 16.0. The van der Waals surface area contributed by atoms with Gasteiger partial charge in [-0.1, -0.05) is 26.0 Å². The van der Waals surface area contributed by atoms with Crippen LogP contribution in [0.3, 0.4) is 0 Å². The highest BCUT2D eigenvalue weighted by Gasteiger charge is 2.47. The molecule has 2 aliphatic rings. The zero-order valence-electron chi connectivity index (χ0n) is 13.5. The third-order valence-electron chi connectivity index (χ3n) is 5.02. The summed E-state index contributed by atoms with van der Waals surface area (Å²) in [6, 6.07) is 12.0. The number of nitrogens with one attached hydrogen (secondary N) is 2. The number of carbonyl (C=O) groups excluding carboxylic acids is 1. The van der Waals surface area contributed by atoms with Crippen molar-refractivity contribution in [2.75, 3.05) is 10.6 Å². The van der Waals surface area contributed by atoms with Crippen LogP contribution in [0.25, 0.3) is 0 Å². The van der Waals surface area contributed by atoms with Gasteiger partial charge in [-0.25, -0.2) is 0 Å². The summed E-state index contributed by atoms with van der Waals surface area (Å²) >= 11 is 0. The first-order chi connectivity index (χ1) is 11.0. The largest absolute Gasteiger partial charge is 0.467 e. The topological polar surface area (TPSA) is 54.3 Å². The predicted molar refractivity (Wildman–Crippen MR) is 90.4 cm³/mol. The van der Waals surface area contributed by atoms with Crippen LogP contribution >= 0.6 is 0 Å². The van der Waals surface area contributed by atoms with Gasteiger partial charge < -0.3 is 15.1 Å². The van der Waals surface area contributed by atoms with Crippen LogP contribution in [0, 0.1) is 11.3 Å². The van der Waals surface area contributed by atoms with Gasteiger partial charge in [0.05, 0.1) is 29.6 Å². The Balaban J connectivity index is 1.80. The van der Waals surface area contributed by atoms with Gasteiger partial charge in [-0.15, -0.1) is 0 Å². The minimum atomic E-state index is -0.130. The molecule has 1 saturated carbocycles. The zero-order valence-corrected chi connectivity index (χ0v) is 13.5. The number of benzene rings is 1. The van der Waals surface area contributed by atoms with Crippen molar-refractivity contribution < 1.29 is 9.21 Å². The van der Waals surface area contributed by atoms with Gasteiger partial charge in [0.15, 0.2) is 0 Å². The van der Waals surface area contributed by atoms with Crippen molar-refractivity contribution in [3.63, 3.8) is 0 Å². The van der Waals surface area contributed by atoms with Crippen molar-refractivity contribution in [2.45, 2.75) is 38.8 Å². The van der Waals surface area contributed by atoms with E-state index in [0.29, 0.717) is 12.2 Å². The van der Waals surface area contributed by atoms with Gasteiger partial charge in [-0.2, -0.15) is 0 Å². The quantitative estimate of drug-likeness (QED) is 0.827. The van der Waals surface area contributed by atoms with Crippen LogP contribution in [-0.2, 0) is 4.79 Å². The summed E-state index contributed by atoms with van der Waals surface area (Å²) in [5.74, 6) is 1.01. The molecule has 1 fully saturated rings. The lowest BCUT2D eigenvalue weighted by molar-refractivity contribution is -0.129. The second-order valence-corrected chi connectivity index (χ2v) is 7.47. The molecule has 3 unspecified atom stereocenters. The Morgan fingerprint density at radius 3 is 2.52 bits per heavy atom. The molecule has 23 heavy (non-hydrogen) atoms. The van der Waals surface area contributed by atoms with Crippen LogP contribution < -0.4 is 10.6 Å². The molecule has 4 heteroatoms. The molecule has 0 amide bonds. The standard InChI is InChI=1S/C19H22N2O2/c1-19(2)10-14-17(15(22)11-19)18(16-8-5-9-23-16)21-13-7-4-3-6-12(13)20-14/h3-9,14,17-18,20-21H,10-11H2,1-2H3. The molecule has 2 N–H and O–H groups in total. The minimum absolute atomic E-state index is 0.0260. The molecule has 0 saturated heterocycles. The van der Waals surface area contributed by atoms with E-state index in [-0.39, 0.29) is 23.4 Å². The van der Waals surface area contributed by atoms with E-state index in [1.165, 1.54) is 0 Å². The average Bonchev–Trinajstić information content (AvgIpc) is 2.95. The molecule has 1 aliphatic heterocycles. The van der Waals surface area contributed by atoms with E-state index in [4.69, 9.17) is 4.42 Å². The number of para-hydroxylation sites is 2. The van der Waals surface area contributed by atoms with Gasteiger partial charge >= 0.3 is 0 Å². The fourth-order valence-electron chi connectivity index (χ4n) is 4.08. The molecule has 1 aromatic heterocycles. The number of fused-ring (bicyclic) bond motifs is 2. The first-order valence-electron chi connectivity index (χ1n) is 8.22. The van der Waals surface area contributed by atoms with E-state index >= 15 is 0 Å². The summed E-state index contributed by atoms with van der Waals surface area (Å²) in [5.41, 5.74) is 2.11. The molecular weight excluding hydrogens is 288 g/mol. The van der Waals surface area contributed by atoms with Gasteiger partial charge in [0.25, 0.3) is 0 Å². The van der Waals surface area contributed by atoms with E-state index in [2.05, 4.69) is 30.5 Å². The summed E-state index contributed by atoms with van der Waals surface area (Å²) < 4.78 is 5.65. The van der Waals surface area contributed by atoms with E-state index in [9.17, 15) is 4.79 Å². The molecule has 0 bridgehead atoms. The Hall–Kier alpha value is -2.23. The molecule has 4 nitrogen and oxygen atoms in total. The summed E-state index contributed by atoms with van der Waals surface area (Å²) in [5, 5.41) is 7.16. The number of Topliss-reactive ketones (excluding diaryl/α,β-unsaturated/α-hetero) is 1. The second-order valence-electron chi connectivity index (χ2n) is 7.47. The summed E-state index contributed by atoms with van der Waals surface area (Å²) in [6.07, 6.45) is 3.26. The van der Waals surface area contributed by atoms with Gasteiger partial charge in [-0.3, -0.25) is 4.79 Å². The van der Waals surface area contributed by atoms with Gasteiger partial charge in [0.1, 0.15) is 11.5 Å². The highest BCUT2D eigenvalue weighted by atomic mass is 16.3. The van der Waals surface area contributed by atoms with Crippen molar-refractivity contribution in [1.29, 1.82) is 0 Å². The van der Waals surface area contributed by atoms with Crippen molar-refractivity contribution in [2.24, 2.45) is 11.3 Å². The predicted octanol–water partition coefficient (Wildman–Crippen LogP) is 4.23. The monoisotopic (exact) mass is 310 g/mol. The van der Waals surface area contributed by atoms with Crippen LogP contribution in [0.5, 0.6) is 0 Å².